The summed E-state index contributed by atoms with van der Waals surface area (Å²) in [5.74, 6) is 0.836. The molecule has 3 rings (SSSR count). The molecule has 0 bridgehead atoms. The molecular weight excluding hydrogens is 409 g/mol. The van der Waals surface area contributed by atoms with E-state index in [-0.39, 0.29) is 23.9 Å². The molecule has 1 aromatic heterocycles. The zero-order valence-corrected chi connectivity index (χ0v) is 19.3. The Bertz CT molecular complexity index is 925. The van der Waals surface area contributed by atoms with Crippen LogP contribution in [-0.2, 0) is 4.79 Å². The van der Waals surface area contributed by atoms with Gasteiger partial charge in [0.25, 0.3) is 0 Å². The standard InChI is InChI=1S/C25H32FN3O3/c1-17(2)15-23(29(16-30)22-7-5-21(26)6-8-22)20-10-13-28(14-11-20)25(31)32-24-9-12-27-19(4)18(24)3/h5-9,12,16-17,20,23H,10-11,13-15H2,1-4H3. The van der Waals surface area contributed by atoms with Crippen molar-refractivity contribution in [3.63, 3.8) is 0 Å². The Morgan fingerprint density at radius 1 is 1.22 bits per heavy atom. The summed E-state index contributed by atoms with van der Waals surface area (Å²) in [7, 11) is 0. The Hall–Kier alpha value is -2.96. The summed E-state index contributed by atoms with van der Waals surface area (Å²) in [5.41, 5.74) is 2.38. The quantitative estimate of drug-likeness (QED) is 0.559. The second kappa shape index (κ2) is 10.6. The molecule has 1 aliphatic heterocycles. The van der Waals surface area contributed by atoms with Crippen LogP contribution < -0.4 is 9.64 Å². The average molecular weight is 442 g/mol. The maximum Gasteiger partial charge on any atom is 0.415 e. The minimum absolute atomic E-state index is 0.0128. The summed E-state index contributed by atoms with van der Waals surface area (Å²) >= 11 is 0. The number of anilines is 1. The summed E-state index contributed by atoms with van der Waals surface area (Å²) in [6, 6.07) is 7.72. The molecule has 2 amide bonds. The van der Waals surface area contributed by atoms with Crippen molar-refractivity contribution in [1.29, 1.82) is 0 Å². The third-order valence-corrected chi connectivity index (χ3v) is 6.25. The Balaban J connectivity index is 1.68. The number of aryl methyl sites for hydroxylation is 1. The molecule has 1 aromatic carbocycles. The van der Waals surface area contributed by atoms with Gasteiger partial charge in [-0.3, -0.25) is 9.78 Å². The van der Waals surface area contributed by atoms with Crippen LogP contribution in [0.2, 0.25) is 0 Å². The van der Waals surface area contributed by atoms with Crippen LogP contribution in [0.3, 0.4) is 0 Å². The number of carbonyl (C=O) groups is 2. The molecular formula is C25H32FN3O3. The van der Waals surface area contributed by atoms with Crippen molar-refractivity contribution in [2.75, 3.05) is 18.0 Å². The van der Waals surface area contributed by atoms with Gasteiger partial charge in [0.1, 0.15) is 11.6 Å². The average Bonchev–Trinajstić information content (AvgIpc) is 2.78. The number of amides is 2. The van der Waals surface area contributed by atoms with E-state index in [1.165, 1.54) is 12.1 Å². The van der Waals surface area contributed by atoms with Crippen LogP contribution in [0.25, 0.3) is 0 Å². The molecule has 7 heteroatoms. The number of benzene rings is 1. The van der Waals surface area contributed by atoms with Gasteiger partial charge >= 0.3 is 6.09 Å². The van der Waals surface area contributed by atoms with Crippen LogP contribution in [0, 0.1) is 31.5 Å². The number of piperidine rings is 1. The molecule has 1 aliphatic rings. The Morgan fingerprint density at radius 2 is 1.88 bits per heavy atom. The molecule has 0 radical (unpaired) electrons. The van der Waals surface area contributed by atoms with Crippen molar-refractivity contribution in [3.8, 4) is 5.75 Å². The lowest BCUT2D eigenvalue weighted by Gasteiger charge is -2.40. The molecule has 0 spiro atoms. The zero-order valence-electron chi connectivity index (χ0n) is 19.3. The number of carbonyl (C=O) groups excluding carboxylic acids is 2. The van der Waals surface area contributed by atoms with E-state index >= 15 is 0 Å². The maximum absolute atomic E-state index is 13.4. The smallest absolute Gasteiger partial charge is 0.410 e. The molecule has 0 saturated carbocycles. The number of ether oxygens (including phenoxy) is 1. The molecule has 32 heavy (non-hydrogen) atoms. The van der Waals surface area contributed by atoms with E-state index in [1.54, 1.807) is 34.2 Å². The molecule has 172 valence electrons. The minimum Gasteiger partial charge on any atom is -0.410 e. The lowest BCUT2D eigenvalue weighted by Crippen LogP contribution is -2.47. The number of pyridine rings is 1. The van der Waals surface area contributed by atoms with Crippen molar-refractivity contribution >= 4 is 18.2 Å². The first-order valence-corrected chi connectivity index (χ1v) is 11.2. The van der Waals surface area contributed by atoms with Crippen LogP contribution in [0.1, 0.15) is 44.4 Å². The van der Waals surface area contributed by atoms with Gasteiger partial charge in [0.05, 0.1) is 0 Å². The van der Waals surface area contributed by atoms with Crippen molar-refractivity contribution in [1.82, 2.24) is 9.88 Å². The maximum atomic E-state index is 13.4. The molecule has 1 saturated heterocycles. The largest absolute Gasteiger partial charge is 0.415 e. The van der Waals surface area contributed by atoms with E-state index in [0.717, 1.165) is 36.9 Å². The van der Waals surface area contributed by atoms with E-state index < -0.39 is 0 Å². The highest BCUT2D eigenvalue weighted by atomic mass is 19.1. The highest BCUT2D eigenvalue weighted by Gasteiger charge is 2.33. The predicted octanol–water partition coefficient (Wildman–Crippen LogP) is 5.13. The summed E-state index contributed by atoms with van der Waals surface area (Å²) in [6.45, 7) is 9.16. The van der Waals surface area contributed by atoms with E-state index in [1.807, 2.05) is 13.8 Å². The number of aromatic nitrogens is 1. The molecule has 0 N–H and O–H groups in total. The van der Waals surface area contributed by atoms with Crippen molar-refractivity contribution in [2.24, 2.45) is 11.8 Å². The van der Waals surface area contributed by atoms with E-state index in [9.17, 15) is 14.0 Å². The number of rotatable bonds is 7. The molecule has 2 aromatic rings. The van der Waals surface area contributed by atoms with Gasteiger partial charge in [-0.1, -0.05) is 13.8 Å². The van der Waals surface area contributed by atoms with E-state index in [4.69, 9.17) is 4.74 Å². The summed E-state index contributed by atoms with van der Waals surface area (Å²) in [4.78, 5) is 32.4. The number of hydrogen-bond acceptors (Lipinski definition) is 4. The highest BCUT2D eigenvalue weighted by molar-refractivity contribution is 5.76. The van der Waals surface area contributed by atoms with Crippen molar-refractivity contribution in [3.05, 3.63) is 53.6 Å². The number of nitrogens with zero attached hydrogens (tertiary/aromatic N) is 3. The second-order valence-electron chi connectivity index (χ2n) is 8.90. The van der Waals surface area contributed by atoms with Gasteiger partial charge in [0.15, 0.2) is 0 Å². The van der Waals surface area contributed by atoms with E-state index in [0.29, 0.717) is 30.4 Å². The fourth-order valence-electron chi connectivity index (χ4n) is 4.31. The molecule has 2 heterocycles. The predicted molar refractivity (Wildman–Crippen MR) is 122 cm³/mol. The van der Waals surface area contributed by atoms with Gasteiger partial charge in [-0.15, -0.1) is 0 Å². The first-order chi connectivity index (χ1) is 15.3. The lowest BCUT2D eigenvalue weighted by molar-refractivity contribution is -0.108. The first-order valence-electron chi connectivity index (χ1n) is 11.2. The SMILES string of the molecule is Cc1nccc(OC(=O)N2CCC(C(CC(C)C)N(C=O)c3ccc(F)cc3)CC2)c1C. The monoisotopic (exact) mass is 441 g/mol. The molecule has 1 unspecified atom stereocenters. The normalized spacial score (nSPS) is 15.5. The first kappa shape index (κ1) is 23.7. The third-order valence-electron chi connectivity index (χ3n) is 6.25. The summed E-state index contributed by atoms with van der Waals surface area (Å²) in [5, 5.41) is 0. The third kappa shape index (κ3) is 5.64. The minimum atomic E-state index is -0.358. The number of likely N-dealkylation sites (tertiary alicyclic amines) is 1. The van der Waals surface area contributed by atoms with Crippen molar-refractivity contribution in [2.45, 2.75) is 53.0 Å². The molecule has 6 nitrogen and oxygen atoms in total. The van der Waals surface area contributed by atoms with Gasteiger partial charge in [-0.25, -0.2) is 9.18 Å². The fraction of sp³-hybridized carbons (Fsp3) is 0.480. The number of hydrogen-bond donors (Lipinski definition) is 0. The topological polar surface area (TPSA) is 62.7 Å². The Morgan fingerprint density at radius 3 is 2.47 bits per heavy atom. The van der Waals surface area contributed by atoms with Crippen LogP contribution in [0.15, 0.2) is 36.5 Å². The highest BCUT2D eigenvalue weighted by Crippen LogP contribution is 2.31. The molecule has 1 atom stereocenters. The fourth-order valence-corrected chi connectivity index (χ4v) is 4.31. The van der Waals surface area contributed by atoms with Gasteiger partial charge in [0.2, 0.25) is 6.41 Å². The summed E-state index contributed by atoms with van der Waals surface area (Å²) < 4.78 is 19.0. The Labute approximate surface area is 189 Å². The lowest BCUT2D eigenvalue weighted by atomic mass is 9.84. The molecule has 1 fully saturated rings. The van der Waals surface area contributed by atoms with Crippen LogP contribution >= 0.6 is 0 Å². The van der Waals surface area contributed by atoms with Gasteiger partial charge < -0.3 is 14.5 Å². The van der Waals surface area contributed by atoms with Crippen LogP contribution in [0.5, 0.6) is 5.75 Å². The zero-order chi connectivity index (χ0) is 23.3. The Kier molecular flexibility index (Phi) is 7.83. The number of halogens is 1. The van der Waals surface area contributed by atoms with Gasteiger partial charge in [0, 0.05) is 42.3 Å². The van der Waals surface area contributed by atoms with Gasteiger partial charge in [-0.05, 0) is 75.3 Å². The van der Waals surface area contributed by atoms with Crippen molar-refractivity contribution < 1.29 is 18.7 Å². The van der Waals surface area contributed by atoms with Gasteiger partial charge in [-0.2, -0.15) is 0 Å². The van der Waals surface area contributed by atoms with Crippen LogP contribution in [0.4, 0.5) is 14.9 Å². The van der Waals surface area contributed by atoms with Crippen LogP contribution in [-0.4, -0.2) is 41.5 Å². The second-order valence-corrected chi connectivity index (χ2v) is 8.90. The van der Waals surface area contributed by atoms with E-state index in [2.05, 4.69) is 18.8 Å². The molecule has 0 aliphatic carbocycles. The summed E-state index contributed by atoms with van der Waals surface area (Å²) in [6.07, 6.45) is 4.50.